The van der Waals surface area contributed by atoms with Gasteiger partial charge in [0.25, 0.3) is 5.91 Å². The van der Waals surface area contributed by atoms with Crippen LogP contribution in [0.25, 0.3) is 0 Å². The Kier molecular flexibility index (Phi) is 4.99. The number of phenols is 1. The van der Waals surface area contributed by atoms with Crippen molar-refractivity contribution in [3.05, 3.63) is 59.7 Å². The Morgan fingerprint density at radius 1 is 1.14 bits per heavy atom. The van der Waals surface area contributed by atoms with Gasteiger partial charge in [-0.3, -0.25) is 4.79 Å². The van der Waals surface area contributed by atoms with Crippen LogP contribution in [0.1, 0.15) is 35.7 Å². The molecule has 0 heterocycles. The third kappa shape index (κ3) is 3.63. The summed E-state index contributed by atoms with van der Waals surface area (Å²) in [5.74, 6) is 0.163. The first-order valence-electron chi connectivity index (χ1n) is 7.30. The van der Waals surface area contributed by atoms with Crippen molar-refractivity contribution < 1.29 is 9.90 Å². The van der Waals surface area contributed by atoms with Gasteiger partial charge in [-0.15, -0.1) is 0 Å². The zero-order valence-corrected chi connectivity index (χ0v) is 12.5. The average molecular weight is 283 g/mol. The van der Waals surface area contributed by atoms with Crippen molar-refractivity contribution in [1.82, 2.24) is 0 Å². The SMILES string of the molecule is CCCCN(C(=O)c1ccc(O)cc1C)c1ccccc1. The molecule has 0 saturated carbocycles. The number of rotatable bonds is 5. The molecule has 0 bridgehead atoms. The van der Waals surface area contributed by atoms with Crippen molar-refractivity contribution in [1.29, 1.82) is 0 Å². The van der Waals surface area contributed by atoms with Gasteiger partial charge in [-0.2, -0.15) is 0 Å². The van der Waals surface area contributed by atoms with E-state index in [0.29, 0.717) is 12.1 Å². The number of unbranched alkanes of at least 4 members (excludes halogenated alkanes) is 1. The molecule has 3 nitrogen and oxygen atoms in total. The van der Waals surface area contributed by atoms with Crippen LogP contribution >= 0.6 is 0 Å². The fourth-order valence-corrected chi connectivity index (χ4v) is 2.31. The monoisotopic (exact) mass is 283 g/mol. The molecule has 0 aromatic heterocycles. The maximum Gasteiger partial charge on any atom is 0.258 e. The van der Waals surface area contributed by atoms with Crippen LogP contribution in [0.4, 0.5) is 5.69 Å². The molecule has 1 N–H and O–H groups in total. The van der Waals surface area contributed by atoms with Crippen LogP contribution in [0, 0.1) is 6.92 Å². The fraction of sp³-hybridized carbons (Fsp3) is 0.278. The number of anilines is 1. The lowest BCUT2D eigenvalue weighted by molar-refractivity contribution is 0.0986. The third-order valence-corrected chi connectivity index (χ3v) is 3.49. The minimum absolute atomic E-state index is 0.0212. The molecule has 0 spiro atoms. The number of carbonyl (C=O) groups excluding carboxylic acids is 1. The minimum Gasteiger partial charge on any atom is -0.508 e. The Labute approximate surface area is 125 Å². The molecule has 0 fully saturated rings. The lowest BCUT2D eigenvalue weighted by atomic mass is 10.1. The van der Waals surface area contributed by atoms with E-state index in [2.05, 4.69) is 6.92 Å². The zero-order valence-electron chi connectivity index (χ0n) is 12.5. The number of para-hydroxylation sites is 1. The van der Waals surface area contributed by atoms with Crippen molar-refractivity contribution in [2.24, 2.45) is 0 Å². The highest BCUT2D eigenvalue weighted by Gasteiger charge is 2.18. The van der Waals surface area contributed by atoms with Crippen LogP contribution in [0.3, 0.4) is 0 Å². The van der Waals surface area contributed by atoms with Gasteiger partial charge in [-0.25, -0.2) is 0 Å². The summed E-state index contributed by atoms with van der Waals surface area (Å²) >= 11 is 0. The average Bonchev–Trinajstić information content (AvgIpc) is 2.48. The molecule has 21 heavy (non-hydrogen) atoms. The van der Waals surface area contributed by atoms with E-state index >= 15 is 0 Å². The second-order valence-electron chi connectivity index (χ2n) is 5.15. The molecule has 2 aromatic carbocycles. The minimum atomic E-state index is -0.0212. The van der Waals surface area contributed by atoms with Crippen LogP contribution in [-0.4, -0.2) is 17.6 Å². The first kappa shape index (κ1) is 15.1. The summed E-state index contributed by atoms with van der Waals surface area (Å²) in [5, 5.41) is 9.49. The molecular formula is C18H21NO2. The summed E-state index contributed by atoms with van der Waals surface area (Å²) in [4.78, 5) is 14.6. The van der Waals surface area contributed by atoms with Crippen molar-refractivity contribution in [2.45, 2.75) is 26.7 Å². The Balaban J connectivity index is 2.34. The molecule has 0 aliphatic rings. The summed E-state index contributed by atoms with van der Waals surface area (Å²) in [6, 6.07) is 14.6. The molecule has 0 radical (unpaired) electrons. The molecule has 2 aromatic rings. The van der Waals surface area contributed by atoms with Gasteiger partial charge >= 0.3 is 0 Å². The number of phenolic OH excluding ortho intramolecular Hbond substituents is 1. The van der Waals surface area contributed by atoms with Gasteiger partial charge in [0, 0.05) is 17.8 Å². The number of hydrogen-bond acceptors (Lipinski definition) is 2. The number of benzene rings is 2. The number of carbonyl (C=O) groups is 1. The summed E-state index contributed by atoms with van der Waals surface area (Å²) in [5.41, 5.74) is 2.33. The van der Waals surface area contributed by atoms with E-state index in [9.17, 15) is 9.90 Å². The van der Waals surface area contributed by atoms with Gasteiger partial charge in [-0.1, -0.05) is 31.5 Å². The zero-order chi connectivity index (χ0) is 15.2. The van der Waals surface area contributed by atoms with E-state index in [1.807, 2.05) is 42.2 Å². The highest BCUT2D eigenvalue weighted by molar-refractivity contribution is 6.07. The second-order valence-corrected chi connectivity index (χ2v) is 5.15. The van der Waals surface area contributed by atoms with E-state index in [1.54, 1.807) is 18.2 Å². The van der Waals surface area contributed by atoms with Crippen LogP contribution < -0.4 is 4.90 Å². The molecule has 0 saturated heterocycles. The van der Waals surface area contributed by atoms with Crippen molar-refractivity contribution in [3.8, 4) is 5.75 Å². The maximum atomic E-state index is 12.8. The van der Waals surface area contributed by atoms with Gasteiger partial charge in [0.05, 0.1) is 0 Å². The smallest absolute Gasteiger partial charge is 0.258 e. The fourth-order valence-electron chi connectivity index (χ4n) is 2.31. The molecule has 1 amide bonds. The maximum absolute atomic E-state index is 12.8. The molecular weight excluding hydrogens is 262 g/mol. The van der Waals surface area contributed by atoms with Crippen LogP contribution in [-0.2, 0) is 0 Å². The van der Waals surface area contributed by atoms with Gasteiger partial charge in [0.1, 0.15) is 5.75 Å². The molecule has 0 aliphatic heterocycles. The summed E-state index contributed by atoms with van der Waals surface area (Å²) in [6.07, 6.45) is 1.99. The number of amides is 1. The van der Waals surface area contributed by atoms with Crippen molar-refractivity contribution in [2.75, 3.05) is 11.4 Å². The Hall–Kier alpha value is -2.29. The summed E-state index contributed by atoms with van der Waals surface area (Å²) in [7, 11) is 0. The molecule has 110 valence electrons. The highest BCUT2D eigenvalue weighted by atomic mass is 16.3. The molecule has 0 atom stereocenters. The summed E-state index contributed by atoms with van der Waals surface area (Å²) in [6.45, 7) is 4.65. The van der Waals surface area contributed by atoms with E-state index in [4.69, 9.17) is 0 Å². The van der Waals surface area contributed by atoms with E-state index in [0.717, 1.165) is 24.1 Å². The summed E-state index contributed by atoms with van der Waals surface area (Å²) < 4.78 is 0. The number of aromatic hydroxyl groups is 1. The van der Waals surface area contributed by atoms with Crippen molar-refractivity contribution >= 4 is 11.6 Å². The van der Waals surface area contributed by atoms with Crippen molar-refractivity contribution in [3.63, 3.8) is 0 Å². The topological polar surface area (TPSA) is 40.5 Å². The molecule has 2 rings (SSSR count). The van der Waals surface area contributed by atoms with Gasteiger partial charge in [-0.05, 0) is 49.2 Å². The van der Waals surface area contributed by atoms with Gasteiger partial charge in [0.2, 0.25) is 0 Å². The normalized spacial score (nSPS) is 10.4. The number of aryl methyl sites for hydroxylation is 1. The first-order chi connectivity index (χ1) is 10.1. The Bertz CT molecular complexity index is 608. The third-order valence-electron chi connectivity index (χ3n) is 3.49. The molecule has 0 unspecified atom stereocenters. The van der Waals surface area contributed by atoms with Crippen LogP contribution in [0.2, 0.25) is 0 Å². The van der Waals surface area contributed by atoms with Crippen LogP contribution in [0.15, 0.2) is 48.5 Å². The highest BCUT2D eigenvalue weighted by Crippen LogP contribution is 2.21. The number of nitrogens with zero attached hydrogens (tertiary/aromatic N) is 1. The largest absolute Gasteiger partial charge is 0.508 e. The Morgan fingerprint density at radius 2 is 1.86 bits per heavy atom. The second kappa shape index (κ2) is 6.93. The molecule has 3 heteroatoms. The Morgan fingerprint density at radius 3 is 2.48 bits per heavy atom. The van der Waals surface area contributed by atoms with E-state index < -0.39 is 0 Å². The quantitative estimate of drug-likeness (QED) is 0.895. The van der Waals surface area contributed by atoms with E-state index in [-0.39, 0.29) is 11.7 Å². The van der Waals surface area contributed by atoms with Crippen LogP contribution in [0.5, 0.6) is 5.75 Å². The predicted octanol–water partition coefficient (Wildman–Crippen LogP) is 4.15. The first-order valence-corrected chi connectivity index (χ1v) is 7.30. The van der Waals surface area contributed by atoms with Gasteiger partial charge < -0.3 is 10.0 Å². The lowest BCUT2D eigenvalue weighted by Gasteiger charge is -2.23. The van der Waals surface area contributed by atoms with Gasteiger partial charge in [0.15, 0.2) is 0 Å². The predicted molar refractivity (Wildman–Crippen MR) is 85.9 cm³/mol. The molecule has 0 aliphatic carbocycles. The van der Waals surface area contributed by atoms with E-state index in [1.165, 1.54) is 0 Å². The lowest BCUT2D eigenvalue weighted by Crippen LogP contribution is -2.32. The standard InChI is InChI=1S/C18H21NO2/c1-3-4-12-19(15-8-6-5-7-9-15)18(21)17-11-10-16(20)13-14(17)2/h5-11,13,20H,3-4,12H2,1-2H3. The number of hydrogen-bond donors (Lipinski definition) is 1.